The Kier molecular flexibility index (Phi) is 5.58. The summed E-state index contributed by atoms with van der Waals surface area (Å²) in [5.41, 5.74) is 1.90. The molecular formula is C17H21NO3. The highest BCUT2D eigenvalue weighted by molar-refractivity contribution is 5.27. The molecule has 112 valence electrons. The van der Waals surface area contributed by atoms with Gasteiger partial charge in [-0.25, -0.2) is 0 Å². The zero-order chi connectivity index (χ0) is 15.1. The van der Waals surface area contributed by atoms with Crippen molar-refractivity contribution in [2.24, 2.45) is 0 Å². The van der Waals surface area contributed by atoms with Gasteiger partial charge in [0.2, 0.25) is 0 Å². The van der Waals surface area contributed by atoms with Crippen molar-refractivity contribution in [3.63, 3.8) is 0 Å². The van der Waals surface area contributed by atoms with E-state index in [2.05, 4.69) is 4.98 Å². The largest absolute Gasteiger partial charge is 0.493 e. The number of aromatic nitrogens is 1. The van der Waals surface area contributed by atoms with Crippen molar-refractivity contribution < 1.29 is 14.6 Å². The zero-order valence-corrected chi connectivity index (χ0v) is 12.5. The summed E-state index contributed by atoms with van der Waals surface area (Å²) >= 11 is 0. The van der Waals surface area contributed by atoms with Crippen molar-refractivity contribution in [2.45, 2.75) is 26.4 Å². The minimum atomic E-state index is -0.609. The first-order chi connectivity index (χ1) is 10.2. The molecule has 4 nitrogen and oxygen atoms in total. The standard InChI is InChI=1S/C17H21NO3/c1-3-20-16-10-14(11-18-12-16)17(19)7-8-21-15-6-4-5-13(2)9-15/h4-6,9-12,17,19H,3,7-8H2,1-2H3. The Morgan fingerprint density at radius 3 is 2.76 bits per heavy atom. The van der Waals surface area contributed by atoms with Crippen molar-refractivity contribution >= 4 is 0 Å². The van der Waals surface area contributed by atoms with Gasteiger partial charge < -0.3 is 14.6 Å². The van der Waals surface area contributed by atoms with E-state index in [0.29, 0.717) is 25.4 Å². The summed E-state index contributed by atoms with van der Waals surface area (Å²) in [4.78, 5) is 4.08. The van der Waals surface area contributed by atoms with E-state index in [-0.39, 0.29) is 0 Å². The van der Waals surface area contributed by atoms with E-state index in [1.165, 1.54) is 0 Å². The first kappa shape index (κ1) is 15.3. The highest BCUT2D eigenvalue weighted by Gasteiger charge is 2.09. The van der Waals surface area contributed by atoms with Crippen LogP contribution in [0, 0.1) is 6.92 Å². The van der Waals surface area contributed by atoms with E-state index in [0.717, 1.165) is 16.9 Å². The highest BCUT2D eigenvalue weighted by Crippen LogP contribution is 2.21. The quantitative estimate of drug-likeness (QED) is 0.849. The maximum Gasteiger partial charge on any atom is 0.137 e. The van der Waals surface area contributed by atoms with Gasteiger partial charge in [-0.15, -0.1) is 0 Å². The molecule has 0 aliphatic carbocycles. The molecule has 0 radical (unpaired) electrons. The van der Waals surface area contributed by atoms with Gasteiger partial charge in [-0.1, -0.05) is 12.1 Å². The van der Waals surface area contributed by atoms with Gasteiger partial charge in [-0.3, -0.25) is 4.98 Å². The smallest absolute Gasteiger partial charge is 0.137 e. The van der Waals surface area contributed by atoms with Gasteiger partial charge in [-0.05, 0) is 37.6 Å². The lowest BCUT2D eigenvalue weighted by molar-refractivity contribution is 0.140. The van der Waals surface area contributed by atoms with Crippen molar-refractivity contribution in [3.05, 3.63) is 53.9 Å². The monoisotopic (exact) mass is 287 g/mol. The van der Waals surface area contributed by atoms with Crippen LogP contribution in [0.3, 0.4) is 0 Å². The van der Waals surface area contributed by atoms with Crippen LogP contribution in [-0.2, 0) is 0 Å². The average Bonchev–Trinajstić information content (AvgIpc) is 2.48. The number of hydrogen-bond acceptors (Lipinski definition) is 4. The lowest BCUT2D eigenvalue weighted by atomic mass is 10.1. The number of aliphatic hydroxyl groups excluding tert-OH is 1. The van der Waals surface area contributed by atoms with Crippen LogP contribution in [0.15, 0.2) is 42.7 Å². The van der Waals surface area contributed by atoms with Crippen LogP contribution in [0.25, 0.3) is 0 Å². The van der Waals surface area contributed by atoms with E-state index in [1.807, 2.05) is 44.2 Å². The molecule has 0 aliphatic rings. The summed E-state index contributed by atoms with van der Waals surface area (Å²) < 4.78 is 11.0. The normalized spacial score (nSPS) is 12.0. The Hall–Kier alpha value is -2.07. The Morgan fingerprint density at radius 2 is 2.00 bits per heavy atom. The molecule has 21 heavy (non-hydrogen) atoms. The van der Waals surface area contributed by atoms with E-state index in [4.69, 9.17) is 9.47 Å². The topological polar surface area (TPSA) is 51.6 Å². The molecule has 0 saturated carbocycles. The second-order valence-corrected chi connectivity index (χ2v) is 4.86. The number of rotatable bonds is 7. The molecular weight excluding hydrogens is 266 g/mol. The number of benzene rings is 1. The molecule has 0 saturated heterocycles. The summed E-state index contributed by atoms with van der Waals surface area (Å²) in [7, 11) is 0. The lowest BCUT2D eigenvalue weighted by Crippen LogP contribution is -2.06. The molecule has 0 amide bonds. The average molecular weight is 287 g/mol. The molecule has 1 N–H and O–H groups in total. The second kappa shape index (κ2) is 7.64. The number of ether oxygens (including phenoxy) is 2. The molecule has 4 heteroatoms. The predicted octanol–water partition coefficient (Wildman–Crippen LogP) is 3.29. The Labute approximate surface area is 125 Å². The molecule has 1 heterocycles. The van der Waals surface area contributed by atoms with Gasteiger partial charge in [0.25, 0.3) is 0 Å². The van der Waals surface area contributed by atoms with Crippen LogP contribution in [0.2, 0.25) is 0 Å². The van der Waals surface area contributed by atoms with Gasteiger partial charge in [0.1, 0.15) is 11.5 Å². The molecule has 0 aliphatic heterocycles. The third kappa shape index (κ3) is 4.76. The predicted molar refractivity (Wildman–Crippen MR) is 81.7 cm³/mol. The third-order valence-corrected chi connectivity index (χ3v) is 3.08. The fourth-order valence-electron chi connectivity index (χ4n) is 2.02. The van der Waals surface area contributed by atoms with Crippen LogP contribution < -0.4 is 9.47 Å². The Bertz CT molecular complexity index is 571. The number of nitrogens with zero attached hydrogens (tertiary/aromatic N) is 1. The van der Waals surface area contributed by atoms with Crippen molar-refractivity contribution in [1.29, 1.82) is 0 Å². The van der Waals surface area contributed by atoms with Crippen molar-refractivity contribution in [3.8, 4) is 11.5 Å². The second-order valence-electron chi connectivity index (χ2n) is 4.86. The SMILES string of the molecule is CCOc1cncc(C(O)CCOc2cccc(C)c2)c1. The molecule has 1 aromatic carbocycles. The maximum absolute atomic E-state index is 10.2. The van der Waals surface area contributed by atoms with Crippen LogP contribution in [0.4, 0.5) is 0 Å². The fourth-order valence-corrected chi connectivity index (χ4v) is 2.02. The molecule has 1 unspecified atom stereocenters. The highest BCUT2D eigenvalue weighted by atomic mass is 16.5. The summed E-state index contributed by atoms with van der Waals surface area (Å²) in [6, 6.07) is 9.68. The van der Waals surface area contributed by atoms with Crippen molar-refractivity contribution in [1.82, 2.24) is 4.98 Å². The molecule has 1 aromatic heterocycles. The first-order valence-corrected chi connectivity index (χ1v) is 7.14. The summed E-state index contributed by atoms with van der Waals surface area (Å²) in [6.07, 6.45) is 3.19. The molecule has 2 rings (SSSR count). The number of hydrogen-bond donors (Lipinski definition) is 1. The van der Waals surface area contributed by atoms with Crippen LogP contribution in [0.5, 0.6) is 11.5 Å². The summed E-state index contributed by atoms with van der Waals surface area (Å²) in [6.45, 7) is 4.96. The van der Waals surface area contributed by atoms with E-state index in [9.17, 15) is 5.11 Å². The molecule has 0 spiro atoms. The fraction of sp³-hybridized carbons (Fsp3) is 0.353. The zero-order valence-electron chi connectivity index (χ0n) is 12.5. The van der Waals surface area contributed by atoms with Crippen molar-refractivity contribution in [2.75, 3.05) is 13.2 Å². The number of aryl methyl sites for hydroxylation is 1. The lowest BCUT2D eigenvalue weighted by Gasteiger charge is -2.13. The molecule has 2 aromatic rings. The van der Waals surface area contributed by atoms with Crippen LogP contribution >= 0.6 is 0 Å². The molecule has 0 bridgehead atoms. The third-order valence-electron chi connectivity index (χ3n) is 3.08. The van der Waals surface area contributed by atoms with E-state index < -0.39 is 6.10 Å². The minimum absolute atomic E-state index is 0.448. The first-order valence-electron chi connectivity index (χ1n) is 7.14. The Morgan fingerprint density at radius 1 is 1.14 bits per heavy atom. The minimum Gasteiger partial charge on any atom is -0.493 e. The van der Waals surface area contributed by atoms with Gasteiger partial charge >= 0.3 is 0 Å². The van der Waals surface area contributed by atoms with Gasteiger partial charge in [0.15, 0.2) is 0 Å². The van der Waals surface area contributed by atoms with E-state index in [1.54, 1.807) is 12.4 Å². The van der Waals surface area contributed by atoms with Gasteiger partial charge in [-0.2, -0.15) is 0 Å². The number of pyridine rings is 1. The van der Waals surface area contributed by atoms with Crippen LogP contribution in [0.1, 0.15) is 30.6 Å². The summed E-state index contributed by atoms with van der Waals surface area (Å²) in [5.74, 6) is 1.50. The maximum atomic E-state index is 10.2. The molecule has 0 fully saturated rings. The van der Waals surface area contributed by atoms with Gasteiger partial charge in [0.05, 0.1) is 25.5 Å². The van der Waals surface area contributed by atoms with Crippen LogP contribution in [-0.4, -0.2) is 23.3 Å². The number of aliphatic hydroxyl groups is 1. The summed E-state index contributed by atoms with van der Waals surface area (Å²) in [5, 5.41) is 10.2. The van der Waals surface area contributed by atoms with Gasteiger partial charge in [0, 0.05) is 18.2 Å². The van der Waals surface area contributed by atoms with E-state index >= 15 is 0 Å². The molecule has 1 atom stereocenters. The Balaban J connectivity index is 1.86.